The number of nitrogens with zero attached hydrogens (tertiary/aromatic N) is 1. The van der Waals surface area contributed by atoms with Gasteiger partial charge in [0.15, 0.2) is 0 Å². The van der Waals surface area contributed by atoms with Crippen molar-refractivity contribution in [1.29, 1.82) is 0 Å². The molecule has 0 saturated carbocycles. The monoisotopic (exact) mass is 454 g/mol. The van der Waals surface area contributed by atoms with Gasteiger partial charge < -0.3 is 0 Å². The van der Waals surface area contributed by atoms with Crippen LogP contribution in [0.5, 0.6) is 0 Å². The zero-order chi connectivity index (χ0) is 27.6. The molecule has 0 aliphatic heterocycles. The summed E-state index contributed by atoms with van der Waals surface area (Å²) in [5.74, 6) is 1.67. The van der Waals surface area contributed by atoms with Crippen LogP contribution in [0.3, 0.4) is 0 Å². The summed E-state index contributed by atoms with van der Waals surface area (Å²) >= 11 is 0. The van der Waals surface area contributed by atoms with E-state index in [-0.39, 0.29) is 0 Å². The van der Waals surface area contributed by atoms with Crippen molar-refractivity contribution < 1.29 is 0 Å². The molecule has 0 radical (unpaired) electrons. The number of aromatic nitrogens is 1. The van der Waals surface area contributed by atoms with Gasteiger partial charge in [0.05, 0.1) is 0 Å². The molecule has 2 aromatic rings. The number of rotatable bonds is 0. The minimum atomic E-state index is 0.833. The van der Waals surface area contributed by atoms with Gasteiger partial charge in [-0.15, -0.1) is 0 Å². The summed E-state index contributed by atoms with van der Waals surface area (Å²) in [6.07, 6.45) is 3.50. The van der Waals surface area contributed by atoms with Crippen LogP contribution in [0.15, 0.2) is 67.0 Å². The Bertz CT molecular complexity index is 245. The van der Waals surface area contributed by atoms with Gasteiger partial charge in [-0.2, -0.15) is 0 Å². The van der Waals surface area contributed by atoms with Crippen LogP contribution in [-0.2, 0) is 0 Å². The molecule has 0 saturated heterocycles. The number of hydrogen-bond acceptors (Lipinski definition) is 1. The minimum absolute atomic E-state index is 0.833. The summed E-state index contributed by atoms with van der Waals surface area (Å²) < 4.78 is 0. The maximum atomic E-state index is 3.78. The van der Waals surface area contributed by atoms with Crippen LogP contribution < -0.4 is 0 Å². The van der Waals surface area contributed by atoms with Crippen LogP contribution in [0.1, 0.15) is 125 Å². The Morgan fingerprint density at radius 3 is 0.500 bits per heavy atom. The third-order valence-electron chi connectivity index (χ3n) is 1.23. The first-order chi connectivity index (χ1) is 15.5. The van der Waals surface area contributed by atoms with Crippen molar-refractivity contribution in [2.24, 2.45) is 11.8 Å². The maximum Gasteiger partial charge on any atom is 0.0267 e. The van der Waals surface area contributed by atoms with Crippen molar-refractivity contribution in [2.75, 3.05) is 0 Å². The van der Waals surface area contributed by atoms with E-state index in [1.807, 2.05) is 138 Å². The molecule has 0 fully saturated rings. The molecule has 0 aliphatic carbocycles. The molecule has 0 unspecified atom stereocenters. The van der Waals surface area contributed by atoms with E-state index < -0.39 is 0 Å². The third-order valence-corrected chi connectivity index (χ3v) is 1.23. The van der Waals surface area contributed by atoms with Crippen molar-refractivity contribution in [3.05, 3.63) is 67.0 Å². The van der Waals surface area contributed by atoms with Gasteiger partial charge in [0.1, 0.15) is 0 Å². The first-order valence-corrected chi connectivity index (χ1v) is 13.3. The summed E-state index contributed by atoms with van der Waals surface area (Å²) in [6.45, 7) is 37.0. The molecule has 0 aliphatic rings. The zero-order valence-corrected chi connectivity index (χ0v) is 26.0. The van der Waals surface area contributed by atoms with Crippen molar-refractivity contribution in [3.8, 4) is 0 Å². The average molecular weight is 454 g/mol. The van der Waals surface area contributed by atoms with Crippen LogP contribution in [-0.4, -0.2) is 4.98 Å². The number of hydrogen-bond donors (Lipinski definition) is 0. The lowest BCUT2D eigenvalue weighted by Gasteiger charge is -1.79. The van der Waals surface area contributed by atoms with Crippen molar-refractivity contribution in [2.45, 2.75) is 125 Å². The molecule has 0 bridgehead atoms. The molecule has 1 heterocycles. The van der Waals surface area contributed by atoms with Crippen molar-refractivity contribution in [1.82, 2.24) is 4.98 Å². The van der Waals surface area contributed by atoms with E-state index in [0.29, 0.717) is 0 Å². The average Bonchev–Trinajstić information content (AvgIpc) is 2.88. The van der Waals surface area contributed by atoms with E-state index in [4.69, 9.17) is 0 Å². The molecular weight excluding hydrogens is 386 g/mol. The van der Waals surface area contributed by atoms with Gasteiger partial charge in [0, 0.05) is 12.4 Å². The summed E-state index contributed by atoms with van der Waals surface area (Å²) in [5.41, 5.74) is 0. The number of benzene rings is 1. The van der Waals surface area contributed by atoms with Crippen LogP contribution in [0.25, 0.3) is 0 Å². The predicted molar refractivity (Wildman–Crippen MR) is 160 cm³/mol. The van der Waals surface area contributed by atoms with Crippen LogP contribution in [0.4, 0.5) is 0 Å². The molecule has 0 spiro atoms. The van der Waals surface area contributed by atoms with Gasteiger partial charge in [0.25, 0.3) is 0 Å². The molecule has 32 heavy (non-hydrogen) atoms. The van der Waals surface area contributed by atoms with Crippen LogP contribution >= 0.6 is 0 Å². The Balaban J connectivity index is -0.0000000350. The fourth-order valence-electron chi connectivity index (χ4n) is 0.698. The molecule has 0 amide bonds. The fourth-order valence-corrected chi connectivity index (χ4v) is 0.698. The lowest BCUT2D eigenvalue weighted by molar-refractivity contribution is 0.736. The highest BCUT2D eigenvalue weighted by molar-refractivity contribution is 4.99. The largest absolute Gasteiger partial charge is 0.265 e. The predicted octanol–water partition coefficient (Wildman–Crippen LogP) is 12.2. The zero-order valence-electron chi connectivity index (χ0n) is 26.0. The second-order valence-corrected chi connectivity index (χ2v) is 5.64. The van der Waals surface area contributed by atoms with E-state index in [0.717, 1.165) is 11.8 Å². The molecule has 0 atom stereocenters. The quantitative estimate of drug-likeness (QED) is 0.386. The van der Waals surface area contributed by atoms with E-state index in [2.05, 4.69) is 46.5 Å². The van der Waals surface area contributed by atoms with Gasteiger partial charge in [-0.1, -0.05) is 167 Å². The van der Waals surface area contributed by atoms with Crippen molar-refractivity contribution in [3.63, 3.8) is 0 Å². The standard InChI is InChI=1S/C6H6.C5H5N.2C4H10.6C2H6/c2*1-2-4-6-5-3-1;2*1-4(2)3;6*1-2/h1-6H;1-5H;2*4H,1-3H3;6*1-2H3. The molecule has 0 N–H and O–H groups in total. The van der Waals surface area contributed by atoms with E-state index >= 15 is 0 Å². The Morgan fingerprint density at radius 1 is 0.312 bits per heavy atom. The first kappa shape index (κ1) is 52.4. The van der Waals surface area contributed by atoms with E-state index in [9.17, 15) is 0 Å². The molecule has 1 aromatic carbocycles. The molecule has 1 aromatic heterocycles. The first-order valence-electron chi connectivity index (χ1n) is 13.3. The molecular formula is C31H67N. The lowest BCUT2D eigenvalue weighted by atomic mass is 10.3. The molecule has 196 valence electrons. The maximum absolute atomic E-state index is 3.78. The highest BCUT2D eigenvalue weighted by atomic mass is 14.6. The summed E-state index contributed by atoms with van der Waals surface area (Å²) in [7, 11) is 0. The third kappa shape index (κ3) is 198. The summed E-state index contributed by atoms with van der Waals surface area (Å²) in [6, 6.07) is 17.7. The topological polar surface area (TPSA) is 12.9 Å². The Labute approximate surface area is 208 Å². The Morgan fingerprint density at radius 2 is 0.438 bits per heavy atom. The van der Waals surface area contributed by atoms with Crippen molar-refractivity contribution >= 4 is 0 Å². The SMILES string of the molecule is CC.CC.CC.CC.CC.CC.CC(C)C.CC(C)C.c1ccccc1.c1ccncc1. The van der Waals surface area contributed by atoms with Crippen LogP contribution in [0, 0.1) is 11.8 Å². The van der Waals surface area contributed by atoms with Gasteiger partial charge in [-0.25, -0.2) is 0 Å². The molecule has 1 nitrogen and oxygen atoms in total. The minimum Gasteiger partial charge on any atom is -0.265 e. The second kappa shape index (κ2) is 88.2. The fraction of sp³-hybridized carbons (Fsp3) is 0.645. The molecule has 1 heteroatoms. The Kier molecular flexibility index (Phi) is 144. The normalized spacial score (nSPS) is 6.38. The van der Waals surface area contributed by atoms with Gasteiger partial charge in [-0.05, 0) is 24.0 Å². The smallest absolute Gasteiger partial charge is 0.0267 e. The highest BCUT2D eigenvalue weighted by Gasteiger charge is 1.68. The lowest BCUT2D eigenvalue weighted by Crippen LogP contribution is -1.66. The summed E-state index contributed by atoms with van der Waals surface area (Å²) in [4.78, 5) is 3.78. The van der Waals surface area contributed by atoms with Gasteiger partial charge in [0.2, 0.25) is 0 Å². The second-order valence-electron chi connectivity index (χ2n) is 5.64. The van der Waals surface area contributed by atoms with E-state index in [1.165, 1.54) is 0 Å². The Hall–Kier alpha value is -1.63. The van der Waals surface area contributed by atoms with Gasteiger partial charge >= 0.3 is 0 Å². The summed E-state index contributed by atoms with van der Waals surface area (Å²) in [5, 5.41) is 0. The van der Waals surface area contributed by atoms with Gasteiger partial charge in [-0.3, -0.25) is 4.98 Å². The van der Waals surface area contributed by atoms with E-state index in [1.54, 1.807) is 12.4 Å². The number of pyridine rings is 1. The highest BCUT2D eigenvalue weighted by Crippen LogP contribution is 1.81. The van der Waals surface area contributed by atoms with Crippen LogP contribution in [0.2, 0.25) is 0 Å². The molecule has 2 rings (SSSR count).